The lowest BCUT2D eigenvalue weighted by Crippen LogP contribution is -2.12. The molecule has 0 saturated carbocycles. The van der Waals surface area contributed by atoms with E-state index in [9.17, 15) is 10.1 Å². The molecule has 1 rings (SSSR count). The molecule has 1 aromatic rings. The maximum absolute atomic E-state index is 11.0. The van der Waals surface area contributed by atoms with Crippen LogP contribution in [0.15, 0.2) is 28.4 Å². The molecule has 0 spiro atoms. The van der Waals surface area contributed by atoms with Gasteiger partial charge in [0, 0.05) is 23.3 Å². The van der Waals surface area contributed by atoms with E-state index in [0.717, 1.165) is 17.8 Å². The number of nitrogens with two attached hydrogens (primary N) is 1. The van der Waals surface area contributed by atoms with E-state index in [1.165, 1.54) is 12.1 Å². The quantitative estimate of drug-likeness (QED) is 0.386. The van der Waals surface area contributed by atoms with Gasteiger partial charge in [-0.05, 0) is 26.3 Å². The molecule has 1 aromatic carbocycles. The minimum absolute atomic E-state index is 0.101. The van der Waals surface area contributed by atoms with Gasteiger partial charge < -0.3 is 5.73 Å². The Bertz CT molecular complexity index is 560. The minimum atomic E-state index is -0.485. The smallest absolute Gasteiger partial charge is 0.292 e. The molecule has 0 aliphatic heterocycles. The topological polar surface area (TPSA) is 93.9 Å². The van der Waals surface area contributed by atoms with E-state index >= 15 is 0 Å². The first-order valence-corrected chi connectivity index (χ1v) is 6.49. The SMILES string of the molecule is CCC(C)/C(=N\N=C(C)C)c1ccc(N)c([N+](=O)[O-])c1. The third-order valence-corrected chi connectivity index (χ3v) is 2.96. The van der Waals surface area contributed by atoms with Crippen LogP contribution in [0.3, 0.4) is 0 Å². The average Bonchev–Trinajstić information content (AvgIpc) is 2.39. The Kier molecular flexibility index (Phi) is 5.37. The second-order valence-electron chi connectivity index (χ2n) is 4.87. The van der Waals surface area contributed by atoms with Crippen LogP contribution in [0.4, 0.5) is 11.4 Å². The molecule has 0 radical (unpaired) electrons. The second-order valence-corrected chi connectivity index (χ2v) is 4.87. The highest BCUT2D eigenvalue weighted by Crippen LogP contribution is 2.25. The molecule has 6 heteroatoms. The molecular formula is C14H20N4O2. The molecule has 0 aliphatic carbocycles. The van der Waals surface area contributed by atoms with Crippen LogP contribution < -0.4 is 5.73 Å². The van der Waals surface area contributed by atoms with Crippen LogP contribution in [0.5, 0.6) is 0 Å². The van der Waals surface area contributed by atoms with Gasteiger partial charge in [-0.15, -0.1) is 0 Å². The van der Waals surface area contributed by atoms with Crippen LogP contribution in [0.1, 0.15) is 39.7 Å². The molecule has 20 heavy (non-hydrogen) atoms. The summed E-state index contributed by atoms with van der Waals surface area (Å²) < 4.78 is 0. The Hall–Kier alpha value is -2.24. The van der Waals surface area contributed by atoms with Crippen molar-refractivity contribution in [2.45, 2.75) is 34.1 Å². The third-order valence-electron chi connectivity index (χ3n) is 2.96. The molecule has 108 valence electrons. The summed E-state index contributed by atoms with van der Waals surface area (Å²) in [4.78, 5) is 10.5. The van der Waals surface area contributed by atoms with Gasteiger partial charge in [-0.3, -0.25) is 10.1 Å². The van der Waals surface area contributed by atoms with Crippen molar-refractivity contribution >= 4 is 22.8 Å². The largest absolute Gasteiger partial charge is 0.393 e. The van der Waals surface area contributed by atoms with E-state index in [1.807, 2.05) is 27.7 Å². The first-order valence-electron chi connectivity index (χ1n) is 6.49. The Morgan fingerprint density at radius 3 is 2.55 bits per heavy atom. The fourth-order valence-electron chi connectivity index (χ4n) is 1.65. The zero-order valence-electron chi connectivity index (χ0n) is 12.3. The third kappa shape index (κ3) is 3.88. The van der Waals surface area contributed by atoms with Gasteiger partial charge in [-0.25, -0.2) is 0 Å². The van der Waals surface area contributed by atoms with Crippen molar-refractivity contribution in [1.82, 2.24) is 0 Å². The predicted octanol–water partition coefficient (Wildman–Crippen LogP) is 3.41. The number of nitrogens with zero attached hydrogens (tertiary/aromatic N) is 3. The van der Waals surface area contributed by atoms with Crippen LogP contribution in [-0.2, 0) is 0 Å². The Morgan fingerprint density at radius 1 is 1.40 bits per heavy atom. The number of rotatable bonds is 5. The van der Waals surface area contributed by atoms with Crippen molar-refractivity contribution < 1.29 is 4.92 Å². The first kappa shape index (κ1) is 15.8. The van der Waals surface area contributed by atoms with Crippen molar-refractivity contribution in [3.8, 4) is 0 Å². The van der Waals surface area contributed by atoms with Crippen LogP contribution in [0, 0.1) is 16.0 Å². The van der Waals surface area contributed by atoms with Crippen LogP contribution >= 0.6 is 0 Å². The van der Waals surface area contributed by atoms with E-state index in [0.29, 0.717) is 5.56 Å². The molecule has 1 unspecified atom stereocenters. The number of hydrogen-bond acceptors (Lipinski definition) is 5. The average molecular weight is 276 g/mol. The molecule has 0 amide bonds. The van der Waals surface area contributed by atoms with E-state index in [-0.39, 0.29) is 17.3 Å². The summed E-state index contributed by atoms with van der Waals surface area (Å²) in [5.41, 5.74) is 7.91. The highest BCUT2D eigenvalue weighted by atomic mass is 16.6. The molecule has 1 atom stereocenters. The lowest BCUT2D eigenvalue weighted by atomic mass is 9.95. The molecule has 0 bridgehead atoms. The number of anilines is 1. The second kappa shape index (κ2) is 6.79. The molecule has 0 fully saturated rings. The van der Waals surface area contributed by atoms with Gasteiger partial charge >= 0.3 is 0 Å². The lowest BCUT2D eigenvalue weighted by Gasteiger charge is -2.12. The number of nitro benzene ring substituents is 1. The van der Waals surface area contributed by atoms with Gasteiger partial charge in [0.2, 0.25) is 0 Å². The molecule has 0 saturated heterocycles. The van der Waals surface area contributed by atoms with Gasteiger partial charge in [-0.1, -0.05) is 19.9 Å². The summed E-state index contributed by atoms with van der Waals surface area (Å²) in [5.74, 6) is 0.154. The van der Waals surface area contributed by atoms with Crippen LogP contribution in [0.2, 0.25) is 0 Å². The first-order chi connectivity index (χ1) is 9.36. The fraction of sp³-hybridized carbons (Fsp3) is 0.429. The Labute approximate surface area is 118 Å². The highest BCUT2D eigenvalue weighted by Gasteiger charge is 2.17. The zero-order chi connectivity index (χ0) is 15.3. The molecule has 0 aliphatic rings. The maximum Gasteiger partial charge on any atom is 0.292 e. The summed E-state index contributed by atoms with van der Waals surface area (Å²) in [6.45, 7) is 7.75. The van der Waals surface area contributed by atoms with Gasteiger partial charge in [0.05, 0.1) is 10.6 Å². The van der Waals surface area contributed by atoms with Gasteiger partial charge in [0.1, 0.15) is 5.69 Å². The van der Waals surface area contributed by atoms with E-state index in [4.69, 9.17) is 5.73 Å². The van der Waals surface area contributed by atoms with Gasteiger partial charge in [-0.2, -0.15) is 10.2 Å². The summed E-state index contributed by atoms with van der Waals surface area (Å²) in [7, 11) is 0. The highest BCUT2D eigenvalue weighted by molar-refractivity contribution is 6.03. The van der Waals surface area contributed by atoms with Crippen molar-refractivity contribution in [3.63, 3.8) is 0 Å². The number of hydrogen-bond donors (Lipinski definition) is 1. The van der Waals surface area contributed by atoms with Crippen molar-refractivity contribution in [2.75, 3.05) is 5.73 Å². The van der Waals surface area contributed by atoms with Crippen molar-refractivity contribution in [2.24, 2.45) is 16.1 Å². The van der Waals surface area contributed by atoms with Crippen molar-refractivity contribution in [1.29, 1.82) is 0 Å². The molecule has 6 nitrogen and oxygen atoms in total. The zero-order valence-corrected chi connectivity index (χ0v) is 12.3. The van der Waals surface area contributed by atoms with Gasteiger partial charge in [0.15, 0.2) is 0 Å². The number of nitrogen functional groups attached to an aromatic ring is 1. The Balaban J connectivity index is 3.35. The predicted molar refractivity (Wildman–Crippen MR) is 82.3 cm³/mol. The lowest BCUT2D eigenvalue weighted by molar-refractivity contribution is -0.383. The Morgan fingerprint density at radius 2 is 2.05 bits per heavy atom. The fourth-order valence-corrected chi connectivity index (χ4v) is 1.65. The standard InChI is InChI=1S/C14H20N4O2/c1-5-10(4)14(17-16-9(2)3)11-6-7-12(15)13(8-11)18(19)20/h6-8,10H,5,15H2,1-4H3/b17-14+. The monoisotopic (exact) mass is 276 g/mol. The normalized spacial score (nSPS) is 12.9. The van der Waals surface area contributed by atoms with E-state index < -0.39 is 4.92 Å². The summed E-state index contributed by atoms with van der Waals surface area (Å²) in [6, 6.07) is 4.74. The summed E-state index contributed by atoms with van der Waals surface area (Å²) in [6.07, 6.45) is 0.870. The van der Waals surface area contributed by atoms with Crippen LogP contribution in [-0.4, -0.2) is 16.3 Å². The van der Waals surface area contributed by atoms with Crippen LogP contribution in [0.25, 0.3) is 0 Å². The molecular weight excluding hydrogens is 256 g/mol. The maximum atomic E-state index is 11.0. The molecule has 0 heterocycles. The summed E-state index contributed by atoms with van der Waals surface area (Å²) >= 11 is 0. The summed E-state index contributed by atoms with van der Waals surface area (Å²) in [5, 5.41) is 19.3. The van der Waals surface area contributed by atoms with E-state index in [1.54, 1.807) is 6.07 Å². The minimum Gasteiger partial charge on any atom is -0.393 e. The molecule has 2 N–H and O–H groups in total. The van der Waals surface area contributed by atoms with Crippen molar-refractivity contribution in [3.05, 3.63) is 33.9 Å². The van der Waals surface area contributed by atoms with E-state index in [2.05, 4.69) is 10.2 Å². The number of benzene rings is 1. The van der Waals surface area contributed by atoms with Gasteiger partial charge in [0.25, 0.3) is 5.69 Å². The molecule has 0 aromatic heterocycles. The number of nitro groups is 1.